The molecule has 3 rings (SSSR count). The van der Waals surface area contributed by atoms with E-state index in [0.29, 0.717) is 0 Å². The predicted molar refractivity (Wildman–Crippen MR) is 97.8 cm³/mol. The third-order valence-electron chi connectivity index (χ3n) is 5.28. The number of anilines is 1. The van der Waals surface area contributed by atoms with Gasteiger partial charge in [0.2, 0.25) is 0 Å². The highest BCUT2D eigenvalue weighted by Gasteiger charge is 2.27. The standard InChI is InChI=1S/C18H28BrN3/c1-3-15-14-16(19)4-5-18(15)22-8-6-17(7-9-22)21-12-10-20(2)11-13-21/h4-5,14,17H,3,6-13H2,1-2H3. The van der Waals surface area contributed by atoms with E-state index in [1.165, 1.54) is 67.8 Å². The van der Waals surface area contributed by atoms with Crippen molar-refractivity contribution in [3.8, 4) is 0 Å². The van der Waals surface area contributed by atoms with Gasteiger partial charge in [-0.25, -0.2) is 0 Å². The van der Waals surface area contributed by atoms with Gasteiger partial charge in [0, 0.05) is 55.5 Å². The molecule has 0 N–H and O–H groups in total. The number of aryl methyl sites for hydroxylation is 1. The van der Waals surface area contributed by atoms with Gasteiger partial charge in [0.1, 0.15) is 0 Å². The highest BCUT2D eigenvalue weighted by atomic mass is 79.9. The van der Waals surface area contributed by atoms with Gasteiger partial charge >= 0.3 is 0 Å². The highest BCUT2D eigenvalue weighted by molar-refractivity contribution is 9.10. The topological polar surface area (TPSA) is 9.72 Å². The number of halogens is 1. The highest BCUT2D eigenvalue weighted by Crippen LogP contribution is 2.29. The quantitative estimate of drug-likeness (QED) is 0.813. The molecule has 22 heavy (non-hydrogen) atoms. The minimum atomic E-state index is 0.797. The van der Waals surface area contributed by atoms with Crippen LogP contribution in [0.25, 0.3) is 0 Å². The van der Waals surface area contributed by atoms with Gasteiger partial charge in [0.05, 0.1) is 0 Å². The van der Waals surface area contributed by atoms with Gasteiger partial charge < -0.3 is 9.80 Å². The zero-order chi connectivity index (χ0) is 15.5. The molecule has 0 radical (unpaired) electrons. The monoisotopic (exact) mass is 365 g/mol. The second-order valence-corrected chi connectivity index (χ2v) is 7.60. The first-order chi connectivity index (χ1) is 10.7. The van der Waals surface area contributed by atoms with Crippen molar-refractivity contribution in [3.05, 3.63) is 28.2 Å². The normalized spacial score (nSPS) is 22.2. The van der Waals surface area contributed by atoms with E-state index in [0.717, 1.165) is 12.5 Å². The molecule has 2 heterocycles. The van der Waals surface area contributed by atoms with Crippen LogP contribution in [0.5, 0.6) is 0 Å². The molecule has 2 fully saturated rings. The lowest BCUT2D eigenvalue weighted by atomic mass is 10.00. The molecule has 3 nitrogen and oxygen atoms in total. The molecule has 0 aromatic heterocycles. The fraction of sp³-hybridized carbons (Fsp3) is 0.667. The summed E-state index contributed by atoms with van der Waals surface area (Å²) in [7, 11) is 2.24. The van der Waals surface area contributed by atoms with Crippen molar-refractivity contribution < 1.29 is 0 Å². The van der Waals surface area contributed by atoms with Crippen molar-refractivity contribution >= 4 is 21.6 Å². The van der Waals surface area contributed by atoms with E-state index < -0.39 is 0 Å². The summed E-state index contributed by atoms with van der Waals surface area (Å²) in [4.78, 5) is 7.76. The third kappa shape index (κ3) is 3.66. The van der Waals surface area contributed by atoms with E-state index in [1.54, 1.807) is 0 Å². The summed E-state index contributed by atoms with van der Waals surface area (Å²) >= 11 is 3.60. The number of hydrogen-bond donors (Lipinski definition) is 0. The van der Waals surface area contributed by atoms with E-state index in [4.69, 9.17) is 0 Å². The zero-order valence-corrected chi connectivity index (χ0v) is 15.5. The van der Waals surface area contributed by atoms with Gasteiger partial charge in [-0.1, -0.05) is 22.9 Å². The molecular formula is C18H28BrN3. The fourth-order valence-corrected chi connectivity index (χ4v) is 4.21. The minimum Gasteiger partial charge on any atom is -0.371 e. The maximum absolute atomic E-state index is 3.60. The summed E-state index contributed by atoms with van der Waals surface area (Å²) in [6, 6.07) is 7.55. The first-order valence-electron chi connectivity index (χ1n) is 8.63. The van der Waals surface area contributed by atoms with Crippen LogP contribution in [0, 0.1) is 0 Å². The molecule has 2 saturated heterocycles. The summed E-state index contributed by atoms with van der Waals surface area (Å²) in [6.45, 7) is 9.61. The Labute approximate surface area is 143 Å². The van der Waals surface area contributed by atoms with Crippen LogP contribution in [-0.2, 0) is 6.42 Å². The second-order valence-electron chi connectivity index (χ2n) is 6.68. The van der Waals surface area contributed by atoms with Crippen LogP contribution in [0.2, 0.25) is 0 Å². The van der Waals surface area contributed by atoms with Crippen molar-refractivity contribution in [2.45, 2.75) is 32.2 Å². The Hall–Kier alpha value is -0.580. The molecular weight excluding hydrogens is 338 g/mol. The Morgan fingerprint density at radius 3 is 2.36 bits per heavy atom. The molecule has 0 spiro atoms. The summed E-state index contributed by atoms with van der Waals surface area (Å²) in [5, 5.41) is 0. The molecule has 4 heteroatoms. The Morgan fingerprint density at radius 1 is 1.05 bits per heavy atom. The molecule has 2 aliphatic heterocycles. The molecule has 2 aliphatic rings. The van der Waals surface area contributed by atoms with Crippen molar-refractivity contribution in [1.29, 1.82) is 0 Å². The van der Waals surface area contributed by atoms with Crippen LogP contribution in [0.3, 0.4) is 0 Å². The average molecular weight is 366 g/mol. The van der Waals surface area contributed by atoms with Gasteiger partial charge in [-0.05, 0) is 50.1 Å². The Kier molecular flexibility index (Phi) is 5.42. The van der Waals surface area contributed by atoms with Crippen LogP contribution in [0.1, 0.15) is 25.3 Å². The maximum Gasteiger partial charge on any atom is 0.0399 e. The Bertz CT molecular complexity index is 489. The van der Waals surface area contributed by atoms with E-state index >= 15 is 0 Å². The summed E-state index contributed by atoms with van der Waals surface area (Å²) in [6.07, 6.45) is 3.72. The largest absolute Gasteiger partial charge is 0.371 e. The number of rotatable bonds is 3. The number of likely N-dealkylation sites (N-methyl/N-ethyl adjacent to an activating group) is 1. The molecule has 122 valence electrons. The van der Waals surface area contributed by atoms with Gasteiger partial charge in [-0.15, -0.1) is 0 Å². The van der Waals surface area contributed by atoms with Crippen molar-refractivity contribution in [3.63, 3.8) is 0 Å². The molecule has 0 bridgehead atoms. The molecule has 0 atom stereocenters. The Balaban J connectivity index is 1.60. The van der Waals surface area contributed by atoms with Crippen LogP contribution in [0.15, 0.2) is 22.7 Å². The Morgan fingerprint density at radius 2 is 1.73 bits per heavy atom. The zero-order valence-electron chi connectivity index (χ0n) is 13.9. The number of piperazine rings is 1. The number of benzene rings is 1. The number of piperidine rings is 1. The summed E-state index contributed by atoms with van der Waals surface area (Å²) in [5.74, 6) is 0. The molecule has 0 amide bonds. The lowest BCUT2D eigenvalue weighted by Gasteiger charge is -2.43. The smallest absolute Gasteiger partial charge is 0.0399 e. The average Bonchev–Trinajstić information content (AvgIpc) is 2.56. The van der Waals surface area contributed by atoms with Gasteiger partial charge in [-0.2, -0.15) is 0 Å². The lowest BCUT2D eigenvalue weighted by molar-refractivity contribution is 0.0982. The first kappa shape index (κ1) is 16.3. The summed E-state index contributed by atoms with van der Waals surface area (Å²) < 4.78 is 1.19. The molecule has 1 aromatic carbocycles. The van der Waals surface area contributed by atoms with E-state index in [1.807, 2.05) is 0 Å². The molecule has 1 aromatic rings. The SMILES string of the molecule is CCc1cc(Br)ccc1N1CCC(N2CCN(C)CC2)CC1. The fourth-order valence-electron chi connectivity index (χ4n) is 3.80. The van der Waals surface area contributed by atoms with Crippen molar-refractivity contribution in [1.82, 2.24) is 9.80 Å². The van der Waals surface area contributed by atoms with Gasteiger partial charge in [0.25, 0.3) is 0 Å². The van der Waals surface area contributed by atoms with Crippen LogP contribution in [-0.4, -0.2) is 62.2 Å². The van der Waals surface area contributed by atoms with Gasteiger partial charge in [-0.3, -0.25) is 4.90 Å². The van der Waals surface area contributed by atoms with Crippen molar-refractivity contribution in [2.24, 2.45) is 0 Å². The van der Waals surface area contributed by atoms with Crippen LogP contribution < -0.4 is 4.90 Å². The number of hydrogen-bond acceptors (Lipinski definition) is 3. The number of nitrogens with zero attached hydrogens (tertiary/aromatic N) is 3. The minimum absolute atomic E-state index is 0.797. The molecule has 0 unspecified atom stereocenters. The third-order valence-corrected chi connectivity index (χ3v) is 5.78. The lowest BCUT2D eigenvalue weighted by Crippen LogP contribution is -2.52. The van der Waals surface area contributed by atoms with Crippen molar-refractivity contribution in [2.75, 3.05) is 51.2 Å². The van der Waals surface area contributed by atoms with Gasteiger partial charge in [0.15, 0.2) is 0 Å². The molecule has 0 saturated carbocycles. The predicted octanol–water partition coefficient (Wildman–Crippen LogP) is 3.23. The van der Waals surface area contributed by atoms with E-state index in [-0.39, 0.29) is 0 Å². The molecule has 0 aliphatic carbocycles. The van der Waals surface area contributed by atoms with E-state index in [9.17, 15) is 0 Å². The maximum atomic E-state index is 3.60. The second kappa shape index (κ2) is 7.33. The van der Waals surface area contributed by atoms with Crippen LogP contribution >= 0.6 is 15.9 Å². The summed E-state index contributed by atoms with van der Waals surface area (Å²) in [5.41, 5.74) is 2.91. The first-order valence-corrected chi connectivity index (χ1v) is 9.42. The van der Waals surface area contributed by atoms with E-state index in [2.05, 4.69) is 62.8 Å². The van der Waals surface area contributed by atoms with Crippen LogP contribution in [0.4, 0.5) is 5.69 Å².